The topological polar surface area (TPSA) is 30.3 Å². The molecule has 0 amide bonds. The molecule has 84 valence electrons. The zero-order valence-corrected chi connectivity index (χ0v) is 11.7. The van der Waals surface area contributed by atoms with Crippen molar-refractivity contribution in [2.24, 2.45) is 7.05 Å². The van der Waals surface area contributed by atoms with E-state index in [4.69, 9.17) is 4.74 Å². The van der Waals surface area contributed by atoms with Gasteiger partial charge in [-0.25, -0.2) is 9.29 Å². The lowest BCUT2D eigenvalue weighted by Crippen LogP contribution is -2.38. The van der Waals surface area contributed by atoms with Crippen molar-refractivity contribution in [2.75, 3.05) is 13.1 Å². The van der Waals surface area contributed by atoms with Crippen LogP contribution in [-0.2, 0) is 11.8 Å². The molecule has 0 aliphatic carbocycles. The maximum atomic E-state index is 5.88. The van der Waals surface area contributed by atoms with Crippen LogP contribution < -0.4 is 0 Å². The molecule has 4 nitrogen and oxygen atoms in total. The lowest BCUT2D eigenvalue weighted by molar-refractivity contribution is -0.0545. The molecule has 1 saturated heterocycles. The average Bonchev–Trinajstić information content (AvgIpc) is 2.64. The first-order valence-corrected chi connectivity index (χ1v) is 8.17. The zero-order chi connectivity index (χ0) is 10.8. The molecular formula is C9H14IN3OS. The predicted octanol–water partition coefficient (Wildman–Crippen LogP) is 2.18. The van der Waals surface area contributed by atoms with Gasteiger partial charge in [-0.2, -0.15) is 0 Å². The molecule has 0 radical (unpaired) electrons. The number of aromatic nitrogens is 2. The highest BCUT2D eigenvalue weighted by atomic mass is 127. The van der Waals surface area contributed by atoms with Crippen molar-refractivity contribution in [3.05, 3.63) is 18.2 Å². The van der Waals surface area contributed by atoms with Gasteiger partial charge in [0.2, 0.25) is 0 Å². The fourth-order valence-electron chi connectivity index (χ4n) is 1.73. The van der Waals surface area contributed by atoms with E-state index >= 15 is 0 Å². The predicted molar refractivity (Wildman–Crippen MR) is 69.7 cm³/mol. The van der Waals surface area contributed by atoms with Gasteiger partial charge in [0.1, 0.15) is 6.10 Å². The molecule has 2 atom stereocenters. The first kappa shape index (κ1) is 11.7. The van der Waals surface area contributed by atoms with Crippen LogP contribution in [0.15, 0.2) is 12.5 Å². The van der Waals surface area contributed by atoms with Crippen molar-refractivity contribution in [1.29, 1.82) is 0 Å². The monoisotopic (exact) mass is 339 g/mol. The van der Waals surface area contributed by atoms with Crippen LogP contribution in [0.25, 0.3) is 0 Å². The van der Waals surface area contributed by atoms with Crippen LogP contribution in [0.1, 0.15) is 18.7 Å². The lowest BCUT2D eigenvalue weighted by atomic mass is 10.2. The first-order valence-electron chi connectivity index (χ1n) is 4.86. The van der Waals surface area contributed by atoms with Crippen LogP contribution in [0.2, 0.25) is 0 Å². The molecule has 1 aromatic heterocycles. The SMILES string of the molecule is CC1CN(SI)CC(c2cn(C)cn2)O1. The molecule has 1 aliphatic rings. The quantitative estimate of drug-likeness (QED) is 0.610. The summed E-state index contributed by atoms with van der Waals surface area (Å²) in [5.74, 6) is 0. The van der Waals surface area contributed by atoms with E-state index < -0.39 is 0 Å². The van der Waals surface area contributed by atoms with Crippen molar-refractivity contribution >= 4 is 30.3 Å². The van der Waals surface area contributed by atoms with Crippen LogP contribution >= 0.6 is 30.3 Å². The summed E-state index contributed by atoms with van der Waals surface area (Å²) in [5, 5.41) is 0. The molecule has 6 heteroatoms. The van der Waals surface area contributed by atoms with Gasteiger partial charge in [-0.05, 0) is 16.0 Å². The third-order valence-corrected chi connectivity index (χ3v) is 4.54. The summed E-state index contributed by atoms with van der Waals surface area (Å²) in [4.78, 5) is 4.34. The molecule has 1 aromatic rings. The number of morpholine rings is 1. The Morgan fingerprint density at radius 3 is 3.00 bits per heavy atom. The maximum Gasteiger partial charge on any atom is 0.115 e. The van der Waals surface area contributed by atoms with E-state index in [9.17, 15) is 0 Å². The van der Waals surface area contributed by atoms with Crippen LogP contribution in [-0.4, -0.2) is 33.0 Å². The van der Waals surface area contributed by atoms with Crippen LogP contribution in [0, 0.1) is 0 Å². The fraction of sp³-hybridized carbons (Fsp3) is 0.667. The number of hydrogen-bond donors (Lipinski definition) is 0. The highest BCUT2D eigenvalue weighted by Crippen LogP contribution is 2.30. The van der Waals surface area contributed by atoms with Crippen molar-refractivity contribution in [2.45, 2.75) is 19.1 Å². The summed E-state index contributed by atoms with van der Waals surface area (Å²) in [5.41, 5.74) is 1.03. The largest absolute Gasteiger partial charge is 0.366 e. The number of aryl methyl sites for hydroxylation is 1. The Kier molecular flexibility index (Phi) is 3.92. The molecule has 0 N–H and O–H groups in total. The molecule has 2 heterocycles. The van der Waals surface area contributed by atoms with Gasteiger partial charge >= 0.3 is 0 Å². The van der Waals surface area contributed by atoms with Crippen molar-refractivity contribution in [1.82, 2.24) is 13.9 Å². The summed E-state index contributed by atoms with van der Waals surface area (Å²) < 4.78 is 10.2. The standard InChI is InChI=1S/C9H14IN3OS/c1-7-3-13(15-10)5-9(14-7)8-4-12(2)6-11-8/h4,6-7,9H,3,5H2,1-2H3. The van der Waals surface area contributed by atoms with Crippen LogP contribution in [0.3, 0.4) is 0 Å². The first-order chi connectivity index (χ1) is 7.19. The van der Waals surface area contributed by atoms with Gasteiger partial charge in [0.25, 0.3) is 0 Å². The maximum absolute atomic E-state index is 5.88. The fourth-order valence-corrected chi connectivity index (χ4v) is 3.15. The van der Waals surface area contributed by atoms with Crippen molar-refractivity contribution in [3.63, 3.8) is 0 Å². The number of ether oxygens (including phenoxy) is 1. The van der Waals surface area contributed by atoms with E-state index in [-0.39, 0.29) is 12.2 Å². The average molecular weight is 339 g/mol. The Bertz CT molecular complexity index is 333. The molecule has 1 fully saturated rings. The Labute approximate surface area is 106 Å². The lowest BCUT2D eigenvalue weighted by Gasteiger charge is -2.33. The molecule has 15 heavy (non-hydrogen) atoms. The Morgan fingerprint density at radius 2 is 2.40 bits per heavy atom. The number of hydrogen-bond acceptors (Lipinski definition) is 4. The van der Waals surface area contributed by atoms with E-state index in [1.54, 1.807) is 9.12 Å². The summed E-state index contributed by atoms with van der Waals surface area (Å²) >= 11 is 2.31. The van der Waals surface area contributed by atoms with E-state index in [1.165, 1.54) is 0 Å². The molecule has 1 aliphatic heterocycles. The minimum absolute atomic E-state index is 0.109. The molecule has 0 spiro atoms. The summed E-state index contributed by atoms with van der Waals surface area (Å²) in [6, 6.07) is 0. The molecule has 2 unspecified atom stereocenters. The second-order valence-electron chi connectivity index (χ2n) is 3.82. The van der Waals surface area contributed by atoms with Gasteiger partial charge in [-0.1, -0.05) is 0 Å². The molecule has 0 aromatic carbocycles. The van der Waals surface area contributed by atoms with Crippen molar-refractivity contribution < 1.29 is 4.74 Å². The number of halogens is 1. The summed E-state index contributed by atoms with van der Waals surface area (Å²) in [7, 11) is 3.72. The molecular weight excluding hydrogens is 325 g/mol. The van der Waals surface area contributed by atoms with E-state index in [0.717, 1.165) is 18.8 Å². The van der Waals surface area contributed by atoms with Gasteiger partial charge in [-0.15, -0.1) is 0 Å². The van der Waals surface area contributed by atoms with Gasteiger partial charge in [0.15, 0.2) is 0 Å². The minimum atomic E-state index is 0.109. The third kappa shape index (κ3) is 2.86. The third-order valence-electron chi connectivity index (χ3n) is 2.38. The number of nitrogens with zero attached hydrogens (tertiary/aromatic N) is 3. The van der Waals surface area contributed by atoms with Crippen molar-refractivity contribution in [3.8, 4) is 0 Å². The van der Waals surface area contributed by atoms with E-state index in [2.05, 4.69) is 37.4 Å². The summed E-state index contributed by atoms with van der Waals surface area (Å²) in [6.45, 7) is 4.00. The number of imidazole rings is 1. The zero-order valence-electron chi connectivity index (χ0n) is 8.76. The van der Waals surface area contributed by atoms with Crippen LogP contribution in [0.4, 0.5) is 0 Å². The second-order valence-corrected chi connectivity index (χ2v) is 5.65. The number of rotatable bonds is 2. The Balaban J connectivity index is 2.08. The molecule has 2 rings (SSSR count). The normalized spacial score (nSPS) is 28.2. The highest BCUT2D eigenvalue weighted by molar-refractivity contribution is 14.2. The highest BCUT2D eigenvalue weighted by Gasteiger charge is 2.27. The Hall–Kier alpha value is 0.210. The van der Waals surface area contributed by atoms with E-state index in [0.29, 0.717) is 0 Å². The van der Waals surface area contributed by atoms with Gasteiger partial charge in [-0.3, -0.25) is 0 Å². The Morgan fingerprint density at radius 1 is 1.60 bits per heavy atom. The molecule has 0 saturated carbocycles. The smallest absolute Gasteiger partial charge is 0.115 e. The minimum Gasteiger partial charge on any atom is -0.366 e. The van der Waals surface area contributed by atoms with E-state index in [1.807, 2.05) is 24.1 Å². The second kappa shape index (κ2) is 5.03. The van der Waals surface area contributed by atoms with Gasteiger partial charge in [0.05, 0.1) is 18.1 Å². The van der Waals surface area contributed by atoms with Crippen LogP contribution in [0.5, 0.6) is 0 Å². The van der Waals surface area contributed by atoms with Gasteiger partial charge < -0.3 is 9.30 Å². The van der Waals surface area contributed by atoms with Gasteiger partial charge in [0, 0.05) is 47.5 Å². The summed E-state index contributed by atoms with van der Waals surface area (Å²) in [6.07, 6.45) is 4.23. The molecule has 0 bridgehead atoms.